The van der Waals surface area contributed by atoms with Crippen LogP contribution in [0.1, 0.15) is 50.2 Å². The number of fused-ring (bicyclic) bond motifs is 1. The first-order valence-electron chi connectivity index (χ1n) is 8.12. The molecule has 2 aliphatic carbocycles. The predicted octanol–water partition coefficient (Wildman–Crippen LogP) is 3.54. The highest BCUT2D eigenvalue weighted by atomic mass is 16.5. The Morgan fingerprint density at radius 3 is 2.86 bits per heavy atom. The molecule has 1 N–H and O–H groups in total. The Labute approximate surface area is 132 Å². The van der Waals surface area contributed by atoms with Crippen LogP contribution in [-0.2, 0) is 11.2 Å². The summed E-state index contributed by atoms with van der Waals surface area (Å²) < 4.78 is 5.30. The smallest absolute Gasteiger partial charge is 0.141 e. The Bertz CT molecular complexity index is 617. The van der Waals surface area contributed by atoms with Crippen molar-refractivity contribution < 1.29 is 14.6 Å². The minimum atomic E-state index is -0.600. The second-order valence-corrected chi connectivity index (χ2v) is 6.71. The van der Waals surface area contributed by atoms with E-state index in [2.05, 4.69) is 18.2 Å². The highest BCUT2D eigenvalue weighted by Gasteiger charge is 2.44. The van der Waals surface area contributed by atoms with Crippen LogP contribution in [0.15, 0.2) is 24.3 Å². The van der Waals surface area contributed by atoms with Gasteiger partial charge in [-0.05, 0) is 67.9 Å². The summed E-state index contributed by atoms with van der Waals surface area (Å²) >= 11 is 0. The molecule has 2 atom stereocenters. The van der Waals surface area contributed by atoms with Crippen LogP contribution in [0.2, 0.25) is 0 Å². The number of ketones is 1. The molecule has 3 heteroatoms. The normalized spacial score (nSPS) is 29.7. The second kappa shape index (κ2) is 5.88. The number of Topliss-reactive ketones (excluding diaryl/α,β-unsaturated/α-hetero) is 1. The van der Waals surface area contributed by atoms with Gasteiger partial charge in [-0.25, -0.2) is 0 Å². The summed E-state index contributed by atoms with van der Waals surface area (Å²) in [5, 5.41) is 10.1. The van der Waals surface area contributed by atoms with Crippen LogP contribution in [0.3, 0.4) is 0 Å². The topological polar surface area (TPSA) is 46.5 Å². The van der Waals surface area contributed by atoms with Gasteiger partial charge in [-0.3, -0.25) is 4.79 Å². The molecule has 1 saturated carbocycles. The van der Waals surface area contributed by atoms with Gasteiger partial charge in [-0.15, -0.1) is 0 Å². The van der Waals surface area contributed by atoms with Crippen molar-refractivity contribution in [1.82, 2.24) is 0 Å². The maximum atomic E-state index is 12.1. The van der Waals surface area contributed by atoms with Crippen LogP contribution >= 0.6 is 0 Å². The average Bonchev–Trinajstić information content (AvgIpc) is 2.80. The second-order valence-electron chi connectivity index (χ2n) is 6.71. The molecule has 0 saturated heterocycles. The quantitative estimate of drug-likeness (QED) is 0.929. The summed E-state index contributed by atoms with van der Waals surface area (Å²) in [5.74, 6) is 1.09. The summed E-state index contributed by atoms with van der Waals surface area (Å²) in [6, 6.07) is 6.23. The van der Waals surface area contributed by atoms with E-state index in [4.69, 9.17) is 4.74 Å². The van der Waals surface area contributed by atoms with Gasteiger partial charge in [0.1, 0.15) is 11.5 Å². The Morgan fingerprint density at radius 2 is 2.18 bits per heavy atom. The van der Waals surface area contributed by atoms with Gasteiger partial charge in [0.15, 0.2) is 0 Å². The molecule has 118 valence electrons. The van der Waals surface area contributed by atoms with Crippen LogP contribution in [-0.4, -0.2) is 24.1 Å². The lowest BCUT2D eigenvalue weighted by atomic mass is 9.79. The Hall–Kier alpha value is -1.61. The van der Waals surface area contributed by atoms with E-state index in [-0.39, 0.29) is 5.78 Å². The molecule has 3 rings (SSSR count). The zero-order valence-electron chi connectivity index (χ0n) is 13.4. The van der Waals surface area contributed by atoms with E-state index < -0.39 is 11.5 Å². The third-order valence-electron chi connectivity index (χ3n) is 5.34. The molecule has 1 aromatic rings. The van der Waals surface area contributed by atoms with E-state index in [0.29, 0.717) is 19.3 Å². The van der Waals surface area contributed by atoms with E-state index in [1.807, 2.05) is 13.0 Å². The highest BCUT2D eigenvalue weighted by Crippen LogP contribution is 2.40. The van der Waals surface area contributed by atoms with Crippen LogP contribution < -0.4 is 4.74 Å². The number of aliphatic hydroxyl groups is 1. The number of carbonyl (C=O) groups is 1. The molecule has 1 fully saturated rings. The molecule has 0 bridgehead atoms. The van der Waals surface area contributed by atoms with E-state index in [1.165, 1.54) is 16.7 Å². The van der Waals surface area contributed by atoms with Gasteiger partial charge in [0, 0.05) is 6.42 Å². The van der Waals surface area contributed by atoms with Gasteiger partial charge >= 0.3 is 0 Å². The Balaban J connectivity index is 1.86. The highest BCUT2D eigenvalue weighted by molar-refractivity contribution is 5.88. The number of ether oxygens (including phenoxy) is 1. The molecule has 0 unspecified atom stereocenters. The zero-order valence-corrected chi connectivity index (χ0v) is 13.4. The molecular formula is C19H24O3. The van der Waals surface area contributed by atoms with Crippen molar-refractivity contribution >= 4 is 11.4 Å². The summed E-state index contributed by atoms with van der Waals surface area (Å²) in [6.45, 7) is 1.90. The summed E-state index contributed by atoms with van der Waals surface area (Å²) in [6.07, 6.45) is 6.66. The molecule has 0 spiro atoms. The Morgan fingerprint density at radius 1 is 1.36 bits per heavy atom. The monoisotopic (exact) mass is 300 g/mol. The van der Waals surface area contributed by atoms with E-state index in [9.17, 15) is 9.90 Å². The molecule has 0 aliphatic heterocycles. The number of aliphatic hydroxyl groups excluding tert-OH is 1. The lowest BCUT2D eigenvalue weighted by molar-refractivity contribution is -0.127. The Kier molecular flexibility index (Phi) is 4.09. The average molecular weight is 300 g/mol. The number of aryl methyl sites for hydroxylation is 1. The number of benzene rings is 1. The molecule has 0 aromatic heterocycles. The van der Waals surface area contributed by atoms with Gasteiger partial charge in [-0.2, -0.15) is 0 Å². The lowest BCUT2D eigenvalue weighted by Gasteiger charge is -2.26. The van der Waals surface area contributed by atoms with Crippen LogP contribution in [0.25, 0.3) is 5.57 Å². The summed E-state index contributed by atoms with van der Waals surface area (Å²) in [4.78, 5) is 12.1. The van der Waals surface area contributed by atoms with Crippen LogP contribution in [0.4, 0.5) is 0 Å². The van der Waals surface area contributed by atoms with E-state index in [1.54, 1.807) is 7.11 Å². The van der Waals surface area contributed by atoms with Crippen molar-refractivity contribution in [2.75, 3.05) is 7.11 Å². The largest absolute Gasteiger partial charge is 0.497 e. The number of carbonyl (C=O) groups excluding carboxylic acids is 1. The molecule has 3 nitrogen and oxygen atoms in total. The minimum absolute atomic E-state index is 0.197. The van der Waals surface area contributed by atoms with Crippen molar-refractivity contribution in [2.45, 2.75) is 51.6 Å². The van der Waals surface area contributed by atoms with Crippen molar-refractivity contribution in [3.63, 3.8) is 0 Å². The maximum Gasteiger partial charge on any atom is 0.141 e. The molecule has 0 amide bonds. The standard InChI is InChI=1S/C19H24O3/c1-19(17(20)8-9-18(19)21)11-10-13-4-3-5-14-12-15(22-2)6-7-16(13)14/h6-7,10,12,17,20H,3-5,8-9,11H2,1-2H3/b13-10+/t17-,19-/m0/s1. The van der Waals surface area contributed by atoms with Gasteiger partial charge in [0.05, 0.1) is 18.6 Å². The first-order valence-corrected chi connectivity index (χ1v) is 8.12. The third kappa shape index (κ3) is 2.58. The molecule has 0 heterocycles. The minimum Gasteiger partial charge on any atom is -0.497 e. The number of methoxy groups -OCH3 is 1. The maximum absolute atomic E-state index is 12.1. The van der Waals surface area contributed by atoms with Crippen molar-refractivity contribution in [3.05, 3.63) is 35.4 Å². The van der Waals surface area contributed by atoms with E-state index in [0.717, 1.165) is 25.0 Å². The number of hydrogen-bond donors (Lipinski definition) is 1. The van der Waals surface area contributed by atoms with Crippen molar-refractivity contribution in [2.24, 2.45) is 5.41 Å². The fourth-order valence-electron chi connectivity index (χ4n) is 3.68. The zero-order chi connectivity index (χ0) is 15.7. The van der Waals surface area contributed by atoms with Gasteiger partial charge < -0.3 is 9.84 Å². The molecule has 1 aromatic carbocycles. The molecule has 0 radical (unpaired) electrons. The number of hydrogen-bond acceptors (Lipinski definition) is 3. The first-order chi connectivity index (χ1) is 10.5. The van der Waals surface area contributed by atoms with Gasteiger partial charge in [0.25, 0.3) is 0 Å². The van der Waals surface area contributed by atoms with Gasteiger partial charge in [0.2, 0.25) is 0 Å². The van der Waals surface area contributed by atoms with Crippen LogP contribution in [0.5, 0.6) is 5.75 Å². The molecule has 2 aliphatic rings. The summed E-state index contributed by atoms with van der Waals surface area (Å²) in [5.41, 5.74) is 3.30. The van der Waals surface area contributed by atoms with Crippen molar-refractivity contribution in [3.8, 4) is 5.75 Å². The van der Waals surface area contributed by atoms with Gasteiger partial charge in [-0.1, -0.05) is 12.1 Å². The van der Waals surface area contributed by atoms with E-state index >= 15 is 0 Å². The van der Waals surface area contributed by atoms with Crippen LogP contribution in [0, 0.1) is 5.41 Å². The predicted molar refractivity (Wildman–Crippen MR) is 86.9 cm³/mol. The van der Waals surface area contributed by atoms with Crippen molar-refractivity contribution in [1.29, 1.82) is 0 Å². The SMILES string of the molecule is COc1ccc2c(c1)CCC/C2=C\C[C@]1(C)C(=O)CC[C@@H]1O. The molecule has 22 heavy (non-hydrogen) atoms. The fraction of sp³-hybridized carbons (Fsp3) is 0.526. The third-order valence-corrected chi connectivity index (χ3v) is 5.34. The number of allylic oxidation sites excluding steroid dienone is 2. The lowest BCUT2D eigenvalue weighted by Crippen LogP contribution is -2.32. The first kappa shape index (κ1) is 15.3. The summed E-state index contributed by atoms with van der Waals surface area (Å²) in [7, 11) is 1.69. The molecular weight excluding hydrogens is 276 g/mol. The fourth-order valence-corrected chi connectivity index (χ4v) is 3.68. The number of rotatable bonds is 3.